The van der Waals surface area contributed by atoms with Gasteiger partial charge in [-0.3, -0.25) is 4.79 Å². The van der Waals surface area contributed by atoms with Crippen molar-refractivity contribution in [3.05, 3.63) is 54.1 Å². The molecule has 0 aliphatic heterocycles. The van der Waals surface area contributed by atoms with Crippen LogP contribution in [0.3, 0.4) is 0 Å². The molecular weight excluding hydrogens is 236 g/mol. The van der Waals surface area contributed by atoms with Gasteiger partial charge < -0.3 is 0 Å². The molecule has 100 valence electrons. The Kier molecular flexibility index (Phi) is 4.15. The number of hydrogen-bond acceptors (Lipinski definition) is 1. The minimum absolute atomic E-state index is 0.170. The lowest BCUT2D eigenvalue weighted by atomic mass is 10.0. The van der Waals surface area contributed by atoms with Gasteiger partial charge in [0.05, 0.1) is 0 Å². The number of ketones is 1. The molecule has 2 aromatic rings. The molecule has 19 heavy (non-hydrogen) atoms. The molecular formula is C16H21N2O+. The molecule has 0 aliphatic rings. The number of Topliss-reactive ketones (excluding diaryl/α,β-unsaturated/α-hetero) is 1. The number of carbonyl (C=O) groups is 1. The third-order valence-electron chi connectivity index (χ3n) is 3.16. The Labute approximate surface area is 114 Å². The van der Waals surface area contributed by atoms with Gasteiger partial charge in [0, 0.05) is 0 Å². The molecule has 0 amide bonds. The zero-order valence-corrected chi connectivity index (χ0v) is 11.8. The molecule has 0 radical (unpaired) electrons. The standard InChI is InChI=1S/C16H21N2O/c1-13(2)16-6-4-15(5-7-16)11-18-9-8-17(12-18)10-14(3)19/h4-9,12-13H,10-11H2,1-3H3/q+1. The summed E-state index contributed by atoms with van der Waals surface area (Å²) in [6.45, 7) is 7.29. The Balaban J connectivity index is 2.04. The van der Waals surface area contributed by atoms with Crippen molar-refractivity contribution in [2.24, 2.45) is 0 Å². The van der Waals surface area contributed by atoms with E-state index >= 15 is 0 Å². The van der Waals surface area contributed by atoms with Gasteiger partial charge in [-0.1, -0.05) is 38.1 Å². The van der Waals surface area contributed by atoms with Crippen LogP contribution in [0.5, 0.6) is 0 Å². The first kappa shape index (κ1) is 13.5. The molecule has 1 heterocycles. The first-order valence-electron chi connectivity index (χ1n) is 6.67. The molecule has 3 nitrogen and oxygen atoms in total. The highest BCUT2D eigenvalue weighted by molar-refractivity contribution is 5.75. The number of carbonyl (C=O) groups excluding carboxylic acids is 1. The van der Waals surface area contributed by atoms with Crippen molar-refractivity contribution in [3.63, 3.8) is 0 Å². The van der Waals surface area contributed by atoms with Crippen LogP contribution in [-0.2, 0) is 17.9 Å². The highest BCUT2D eigenvalue weighted by Crippen LogP contribution is 2.14. The van der Waals surface area contributed by atoms with Gasteiger partial charge in [-0.15, -0.1) is 0 Å². The Bertz CT molecular complexity index is 552. The largest absolute Gasteiger partial charge is 0.296 e. The number of aromatic nitrogens is 2. The molecule has 0 bridgehead atoms. The second-order valence-corrected chi connectivity index (χ2v) is 5.36. The summed E-state index contributed by atoms with van der Waals surface area (Å²) in [5.74, 6) is 0.738. The van der Waals surface area contributed by atoms with Crippen molar-refractivity contribution in [1.29, 1.82) is 0 Å². The van der Waals surface area contributed by atoms with E-state index < -0.39 is 0 Å². The van der Waals surface area contributed by atoms with E-state index in [1.165, 1.54) is 11.1 Å². The quantitative estimate of drug-likeness (QED) is 0.756. The molecule has 0 aliphatic carbocycles. The van der Waals surface area contributed by atoms with Gasteiger partial charge >= 0.3 is 0 Å². The topological polar surface area (TPSA) is 25.9 Å². The summed E-state index contributed by atoms with van der Waals surface area (Å²) in [6.07, 6.45) is 5.90. The SMILES string of the molecule is CC(=O)Cn1cc[n+](Cc2ccc(C(C)C)cc2)c1. The van der Waals surface area contributed by atoms with Crippen LogP contribution in [0.1, 0.15) is 37.8 Å². The highest BCUT2D eigenvalue weighted by atomic mass is 16.1. The fourth-order valence-electron chi connectivity index (χ4n) is 2.10. The van der Waals surface area contributed by atoms with Crippen LogP contribution in [0, 0.1) is 0 Å². The van der Waals surface area contributed by atoms with Crippen LogP contribution in [0.15, 0.2) is 43.0 Å². The van der Waals surface area contributed by atoms with Gasteiger partial charge in [0.1, 0.15) is 25.5 Å². The van der Waals surface area contributed by atoms with Gasteiger partial charge in [0.2, 0.25) is 6.33 Å². The van der Waals surface area contributed by atoms with Crippen molar-refractivity contribution < 1.29 is 9.36 Å². The van der Waals surface area contributed by atoms with Crippen LogP contribution in [0.25, 0.3) is 0 Å². The van der Waals surface area contributed by atoms with E-state index in [0.29, 0.717) is 12.5 Å². The third-order valence-corrected chi connectivity index (χ3v) is 3.16. The third kappa shape index (κ3) is 3.78. The van der Waals surface area contributed by atoms with Crippen molar-refractivity contribution in [2.75, 3.05) is 0 Å². The predicted octanol–water partition coefficient (Wildman–Crippen LogP) is 2.54. The number of rotatable bonds is 5. The van der Waals surface area contributed by atoms with Crippen LogP contribution in [0.2, 0.25) is 0 Å². The maximum atomic E-state index is 11.1. The lowest BCUT2D eigenvalue weighted by molar-refractivity contribution is -0.687. The van der Waals surface area contributed by atoms with E-state index in [1.807, 2.05) is 23.3 Å². The van der Waals surface area contributed by atoms with Crippen molar-refractivity contribution >= 4 is 5.78 Å². The normalized spacial score (nSPS) is 10.9. The minimum Gasteiger partial charge on any atom is -0.296 e. The molecule has 1 aromatic carbocycles. The predicted molar refractivity (Wildman–Crippen MR) is 74.9 cm³/mol. The second kappa shape index (κ2) is 5.83. The lowest BCUT2D eigenvalue weighted by Crippen LogP contribution is -2.31. The second-order valence-electron chi connectivity index (χ2n) is 5.36. The van der Waals surface area contributed by atoms with E-state index in [0.717, 1.165) is 6.54 Å². The molecule has 0 fully saturated rings. The molecule has 0 N–H and O–H groups in total. The van der Waals surface area contributed by atoms with E-state index in [2.05, 4.69) is 42.7 Å². The van der Waals surface area contributed by atoms with Crippen LogP contribution < -0.4 is 4.57 Å². The van der Waals surface area contributed by atoms with Gasteiger partial charge in [-0.25, -0.2) is 9.13 Å². The maximum absolute atomic E-state index is 11.1. The summed E-state index contributed by atoms with van der Waals surface area (Å²) < 4.78 is 4.00. The zero-order valence-electron chi connectivity index (χ0n) is 11.8. The van der Waals surface area contributed by atoms with Crippen LogP contribution in [-0.4, -0.2) is 10.4 Å². The molecule has 0 saturated carbocycles. The van der Waals surface area contributed by atoms with E-state index in [9.17, 15) is 4.79 Å². The first-order chi connectivity index (χ1) is 9.04. The minimum atomic E-state index is 0.170. The Morgan fingerprint density at radius 3 is 2.53 bits per heavy atom. The van der Waals surface area contributed by atoms with Crippen LogP contribution >= 0.6 is 0 Å². The Morgan fingerprint density at radius 1 is 1.26 bits per heavy atom. The summed E-state index contributed by atoms with van der Waals surface area (Å²) in [7, 11) is 0. The highest BCUT2D eigenvalue weighted by Gasteiger charge is 2.07. The van der Waals surface area contributed by atoms with Crippen molar-refractivity contribution in [2.45, 2.75) is 39.8 Å². The number of imidazole rings is 1. The van der Waals surface area contributed by atoms with Gasteiger partial charge in [0.15, 0.2) is 5.78 Å². The Hall–Kier alpha value is -1.90. The van der Waals surface area contributed by atoms with Crippen molar-refractivity contribution in [3.8, 4) is 0 Å². The van der Waals surface area contributed by atoms with Gasteiger partial charge in [-0.05, 0) is 24.0 Å². The maximum Gasteiger partial charge on any atom is 0.244 e. The Morgan fingerprint density at radius 2 is 1.95 bits per heavy atom. The number of nitrogens with zero attached hydrogens (tertiary/aromatic N) is 2. The molecule has 0 saturated heterocycles. The molecule has 0 atom stereocenters. The summed E-state index contributed by atoms with van der Waals surface area (Å²) in [4.78, 5) is 11.1. The van der Waals surface area contributed by atoms with Crippen molar-refractivity contribution in [1.82, 2.24) is 4.57 Å². The smallest absolute Gasteiger partial charge is 0.244 e. The summed E-state index contributed by atoms with van der Waals surface area (Å²) in [6, 6.07) is 8.72. The van der Waals surface area contributed by atoms with Gasteiger partial charge in [-0.2, -0.15) is 0 Å². The monoisotopic (exact) mass is 257 g/mol. The molecule has 3 heteroatoms. The first-order valence-corrected chi connectivity index (χ1v) is 6.67. The van der Waals surface area contributed by atoms with E-state index in [1.54, 1.807) is 6.92 Å². The average molecular weight is 257 g/mol. The number of benzene rings is 1. The number of hydrogen-bond donors (Lipinski definition) is 0. The fourth-order valence-corrected chi connectivity index (χ4v) is 2.10. The summed E-state index contributed by atoms with van der Waals surface area (Å²) in [5, 5.41) is 0. The molecule has 0 spiro atoms. The average Bonchev–Trinajstić information content (AvgIpc) is 2.76. The summed E-state index contributed by atoms with van der Waals surface area (Å²) >= 11 is 0. The fraction of sp³-hybridized carbons (Fsp3) is 0.375. The molecule has 0 unspecified atom stereocenters. The molecule has 2 rings (SSSR count). The summed E-state index contributed by atoms with van der Waals surface area (Å²) in [5.41, 5.74) is 2.64. The van der Waals surface area contributed by atoms with Gasteiger partial charge in [0.25, 0.3) is 0 Å². The van der Waals surface area contributed by atoms with Crippen LogP contribution in [0.4, 0.5) is 0 Å². The lowest BCUT2D eigenvalue weighted by Gasteiger charge is -2.05. The van der Waals surface area contributed by atoms with E-state index in [4.69, 9.17) is 0 Å². The molecule has 1 aromatic heterocycles. The van der Waals surface area contributed by atoms with E-state index in [-0.39, 0.29) is 5.78 Å². The zero-order chi connectivity index (χ0) is 13.8.